The third-order valence-corrected chi connectivity index (χ3v) is 4.15. The molecule has 2 heterocycles. The summed E-state index contributed by atoms with van der Waals surface area (Å²) in [6.45, 7) is 4.55. The SMILES string of the molecule is Cc1c(Cl)c(C(F)(F)F)nn1CC(=O)N1CCCC(C)C1. The molecule has 1 saturated heterocycles. The number of alkyl halides is 3. The summed E-state index contributed by atoms with van der Waals surface area (Å²) in [5, 5.41) is 3.00. The molecule has 4 nitrogen and oxygen atoms in total. The number of halogens is 4. The molecule has 1 fully saturated rings. The fraction of sp³-hybridized carbons (Fsp3) is 0.692. The fourth-order valence-electron chi connectivity index (χ4n) is 2.50. The number of likely N-dealkylation sites (tertiary alicyclic amines) is 1. The molecule has 1 unspecified atom stereocenters. The minimum Gasteiger partial charge on any atom is -0.341 e. The van der Waals surface area contributed by atoms with Crippen molar-refractivity contribution >= 4 is 17.5 Å². The third kappa shape index (κ3) is 3.51. The van der Waals surface area contributed by atoms with Gasteiger partial charge in [0.15, 0.2) is 5.69 Å². The number of rotatable bonds is 2. The molecular weight excluding hydrogens is 307 g/mol. The van der Waals surface area contributed by atoms with Crippen molar-refractivity contribution in [2.75, 3.05) is 13.1 Å². The molecule has 1 amide bonds. The molecule has 118 valence electrons. The number of aromatic nitrogens is 2. The highest BCUT2D eigenvalue weighted by atomic mass is 35.5. The van der Waals surface area contributed by atoms with Gasteiger partial charge < -0.3 is 4.90 Å². The maximum absolute atomic E-state index is 12.7. The van der Waals surface area contributed by atoms with E-state index in [2.05, 4.69) is 12.0 Å². The Hall–Kier alpha value is -1.24. The van der Waals surface area contributed by atoms with E-state index in [0.29, 0.717) is 19.0 Å². The van der Waals surface area contributed by atoms with E-state index in [-0.39, 0.29) is 18.1 Å². The zero-order valence-electron chi connectivity index (χ0n) is 11.9. The Bertz CT molecular complexity index is 541. The second kappa shape index (κ2) is 5.87. The average Bonchev–Trinajstić information content (AvgIpc) is 2.67. The molecule has 0 saturated carbocycles. The first-order chi connectivity index (χ1) is 9.70. The summed E-state index contributed by atoms with van der Waals surface area (Å²) in [4.78, 5) is 13.9. The Morgan fingerprint density at radius 1 is 1.48 bits per heavy atom. The lowest BCUT2D eigenvalue weighted by Gasteiger charge is -2.31. The summed E-state index contributed by atoms with van der Waals surface area (Å²) in [5.41, 5.74) is -0.983. The Kier molecular flexibility index (Phi) is 4.51. The van der Waals surface area contributed by atoms with E-state index >= 15 is 0 Å². The van der Waals surface area contributed by atoms with Crippen LogP contribution in [0.25, 0.3) is 0 Å². The van der Waals surface area contributed by atoms with Gasteiger partial charge >= 0.3 is 6.18 Å². The highest BCUT2D eigenvalue weighted by Gasteiger charge is 2.38. The van der Waals surface area contributed by atoms with Crippen LogP contribution in [0.1, 0.15) is 31.2 Å². The van der Waals surface area contributed by atoms with Gasteiger partial charge in [-0.3, -0.25) is 9.48 Å². The van der Waals surface area contributed by atoms with Gasteiger partial charge in [-0.15, -0.1) is 0 Å². The summed E-state index contributed by atoms with van der Waals surface area (Å²) in [6, 6.07) is 0. The highest BCUT2D eigenvalue weighted by Crippen LogP contribution is 2.35. The summed E-state index contributed by atoms with van der Waals surface area (Å²) in [7, 11) is 0. The standard InChI is InChI=1S/C13H17ClF3N3O/c1-8-4-3-5-19(6-8)10(21)7-20-9(2)11(14)12(18-20)13(15,16)17/h8H,3-7H2,1-2H3. The van der Waals surface area contributed by atoms with Crippen LogP contribution in [0.4, 0.5) is 13.2 Å². The number of hydrogen-bond donors (Lipinski definition) is 0. The van der Waals surface area contributed by atoms with E-state index in [9.17, 15) is 18.0 Å². The molecule has 0 radical (unpaired) electrons. The maximum atomic E-state index is 12.7. The zero-order chi connectivity index (χ0) is 15.8. The van der Waals surface area contributed by atoms with Gasteiger partial charge in [0, 0.05) is 13.1 Å². The van der Waals surface area contributed by atoms with E-state index < -0.39 is 16.9 Å². The second-order valence-corrected chi connectivity index (χ2v) is 5.87. The van der Waals surface area contributed by atoms with Crippen molar-refractivity contribution in [3.8, 4) is 0 Å². The van der Waals surface area contributed by atoms with Gasteiger partial charge in [0.1, 0.15) is 6.54 Å². The van der Waals surface area contributed by atoms with Crippen LogP contribution in [0.15, 0.2) is 0 Å². The number of carbonyl (C=O) groups is 1. The number of nitrogens with zero attached hydrogens (tertiary/aromatic N) is 3. The topological polar surface area (TPSA) is 38.1 Å². The van der Waals surface area contributed by atoms with Crippen LogP contribution in [-0.2, 0) is 17.5 Å². The zero-order valence-corrected chi connectivity index (χ0v) is 12.6. The summed E-state index contributed by atoms with van der Waals surface area (Å²) in [6.07, 6.45) is -2.63. The minimum atomic E-state index is -4.62. The lowest BCUT2D eigenvalue weighted by atomic mass is 10.0. The number of piperidine rings is 1. The molecule has 8 heteroatoms. The van der Waals surface area contributed by atoms with Crippen LogP contribution in [-0.4, -0.2) is 33.7 Å². The van der Waals surface area contributed by atoms with Crippen molar-refractivity contribution in [2.24, 2.45) is 5.92 Å². The monoisotopic (exact) mass is 323 g/mol. The first-order valence-electron chi connectivity index (χ1n) is 6.78. The van der Waals surface area contributed by atoms with Gasteiger partial charge in [0.05, 0.1) is 10.7 Å². The van der Waals surface area contributed by atoms with Crippen LogP contribution in [0, 0.1) is 12.8 Å². The molecule has 1 aliphatic heterocycles. The van der Waals surface area contributed by atoms with Gasteiger partial charge in [-0.1, -0.05) is 18.5 Å². The smallest absolute Gasteiger partial charge is 0.341 e. The molecule has 2 rings (SSSR count). The van der Waals surface area contributed by atoms with E-state index in [0.717, 1.165) is 17.5 Å². The number of carbonyl (C=O) groups excluding carboxylic acids is 1. The van der Waals surface area contributed by atoms with Crippen molar-refractivity contribution in [3.63, 3.8) is 0 Å². The van der Waals surface area contributed by atoms with E-state index in [1.54, 1.807) is 4.90 Å². The van der Waals surface area contributed by atoms with Crippen molar-refractivity contribution in [3.05, 3.63) is 16.4 Å². The van der Waals surface area contributed by atoms with Gasteiger partial charge in [-0.2, -0.15) is 18.3 Å². The Morgan fingerprint density at radius 3 is 2.67 bits per heavy atom. The first kappa shape index (κ1) is 16.1. The van der Waals surface area contributed by atoms with Gasteiger partial charge in [-0.05, 0) is 25.7 Å². The molecule has 0 bridgehead atoms. The predicted octanol–water partition coefficient (Wildman–Crippen LogP) is 3.12. The summed E-state index contributed by atoms with van der Waals surface area (Å²) < 4.78 is 39.2. The average molecular weight is 324 g/mol. The molecule has 1 aromatic rings. The van der Waals surface area contributed by atoms with E-state index in [1.165, 1.54) is 6.92 Å². The van der Waals surface area contributed by atoms with E-state index in [1.807, 2.05) is 0 Å². The Balaban J connectivity index is 2.14. The molecule has 0 aromatic carbocycles. The van der Waals surface area contributed by atoms with Crippen LogP contribution < -0.4 is 0 Å². The quantitative estimate of drug-likeness (QED) is 0.838. The van der Waals surface area contributed by atoms with Gasteiger partial charge in [0.2, 0.25) is 5.91 Å². The van der Waals surface area contributed by atoms with Crippen LogP contribution in [0.5, 0.6) is 0 Å². The van der Waals surface area contributed by atoms with Crippen LogP contribution in [0.2, 0.25) is 5.02 Å². The largest absolute Gasteiger partial charge is 0.436 e. The summed E-state index contributed by atoms with van der Waals surface area (Å²) in [5.74, 6) is 0.188. The molecule has 0 aliphatic carbocycles. The molecule has 21 heavy (non-hydrogen) atoms. The molecular formula is C13H17ClF3N3O. The molecule has 0 N–H and O–H groups in total. The molecule has 0 spiro atoms. The third-order valence-electron chi connectivity index (χ3n) is 3.70. The molecule has 1 aromatic heterocycles. The van der Waals surface area contributed by atoms with Crippen molar-refractivity contribution < 1.29 is 18.0 Å². The predicted molar refractivity (Wildman–Crippen MR) is 72.0 cm³/mol. The minimum absolute atomic E-state index is 0.155. The lowest BCUT2D eigenvalue weighted by Crippen LogP contribution is -2.41. The Labute approximate surface area is 125 Å². The summed E-state index contributed by atoms with van der Waals surface area (Å²) >= 11 is 5.66. The lowest BCUT2D eigenvalue weighted by molar-refractivity contribution is -0.142. The first-order valence-corrected chi connectivity index (χ1v) is 7.15. The van der Waals surface area contributed by atoms with Crippen LogP contribution >= 0.6 is 11.6 Å². The molecule has 1 aliphatic rings. The molecule has 1 atom stereocenters. The van der Waals surface area contributed by atoms with Crippen molar-refractivity contribution in [1.29, 1.82) is 0 Å². The Morgan fingerprint density at radius 2 is 2.14 bits per heavy atom. The maximum Gasteiger partial charge on any atom is 0.436 e. The van der Waals surface area contributed by atoms with E-state index in [4.69, 9.17) is 11.6 Å². The second-order valence-electron chi connectivity index (χ2n) is 5.49. The van der Waals surface area contributed by atoms with Gasteiger partial charge in [-0.25, -0.2) is 0 Å². The number of amides is 1. The fourth-order valence-corrected chi connectivity index (χ4v) is 2.75. The van der Waals surface area contributed by atoms with Crippen molar-refractivity contribution in [2.45, 2.75) is 39.4 Å². The highest BCUT2D eigenvalue weighted by molar-refractivity contribution is 6.32. The van der Waals surface area contributed by atoms with Crippen molar-refractivity contribution in [1.82, 2.24) is 14.7 Å². The number of hydrogen-bond acceptors (Lipinski definition) is 2. The van der Waals surface area contributed by atoms with Gasteiger partial charge in [0.25, 0.3) is 0 Å². The van der Waals surface area contributed by atoms with Crippen LogP contribution in [0.3, 0.4) is 0 Å². The normalized spacial score (nSPS) is 19.9.